The van der Waals surface area contributed by atoms with Gasteiger partial charge in [0.05, 0.1) is 16.5 Å². The van der Waals surface area contributed by atoms with Crippen molar-refractivity contribution in [2.24, 2.45) is 0 Å². The summed E-state index contributed by atoms with van der Waals surface area (Å²) in [6, 6.07) is 3.93. The number of amides is 1. The SMILES string of the molecule is CN(CCC1CCCCO1)C(=O)c1cnc(-c2cccs2)nc1. The Hall–Kier alpha value is -1.79. The van der Waals surface area contributed by atoms with Gasteiger partial charge in [0.25, 0.3) is 5.91 Å². The summed E-state index contributed by atoms with van der Waals surface area (Å²) >= 11 is 1.59. The molecule has 5 nitrogen and oxygen atoms in total. The van der Waals surface area contributed by atoms with Gasteiger partial charge < -0.3 is 9.64 Å². The second-order valence-corrected chi connectivity index (χ2v) is 6.72. The Labute approximate surface area is 140 Å². The van der Waals surface area contributed by atoms with Gasteiger partial charge in [-0.15, -0.1) is 11.3 Å². The minimum Gasteiger partial charge on any atom is -0.378 e. The van der Waals surface area contributed by atoms with Gasteiger partial charge >= 0.3 is 0 Å². The van der Waals surface area contributed by atoms with Crippen LogP contribution in [-0.2, 0) is 4.74 Å². The van der Waals surface area contributed by atoms with Crippen molar-refractivity contribution < 1.29 is 9.53 Å². The van der Waals surface area contributed by atoms with Gasteiger partial charge in [0.2, 0.25) is 0 Å². The van der Waals surface area contributed by atoms with Crippen LogP contribution in [-0.4, -0.2) is 47.1 Å². The van der Waals surface area contributed by atoms with E-state index < -0.39 is 0 Å². The van der Waals surface area contributed by atoms with Crippen molar-refractivity contribution in [3.8, 4) is 10.7 Å². The second-order valence-electron chi connectivity index (χ2n) is 5.78. The molecule has 2 aromatic rings. The van der Waals surface area contributed by atoms with Gasteiger partial charge in [0.1, 0.15) is 0 Å². The molecule has 1 unspecified atom stereocenters. The van der Waals surface area contributed by atoms with Gasteiger partial charge in [0, 0.05) is 32.6 Å². The molecular formula is C17H21N3O2S. The van der Waals surface area contributed by atoms with Crippen LogP contribution in [0.4, 0.5) is 0 Å². The van der Waals surface area contributed by atoms with Crippen LogP contribution in [0.3, 0.4) is 0 Å². The monoisotopic (exact) mass is 331 g/mol. The quantitative estimate of drug-likeness (QED) is 0.844. The lowest BCUT2D eigenvalue weighted by Gasteiger charge is -2.25. The molecule has 1 aliphatic heterocycles. The molecule has 1 aliphatic rings. The molecule has 1 fully saturated rings. The van der Waals surface area contributed by atoms with E-state index in [1.54, 1.807) is 28.6 Å². The lowest BCUT2D eigenvalue weighted by Crippen LogP contribution is -2.31. The van der Waals surface area contributed by atoms with Crippen molar-refractivity contribution in [2.75, 3.05) is 20.2 Å². The standard InChI is InChI=1S/C17H21N3O2S/c1-20(8-7-14-5-2-3-9-22-14)17(21)13-11-18-16(19-12-13)15-6-4-10-23-15/h4,6,10-12,14H,2-3,5,7-9H2,1H3. The van der Waals surface area contributed by atoms with E-state index in [0.29, 0.717) is 17.9 Å². The Kier molecular flexibility index (Phi) is 5.35. The number of ether oxygens (including phenoxy) is 1. The van der Waals surface area contributed by atoms with E-state index >= 15 is 0 Å². The first-order valence-corrected chi connectivity index (χ1v) is 8.85. The van der Waals surface area contributed by atoms with Gasteiger partial charge in [-0.1, -0.05) is 6.07 Å². The lowest BCUT2D eigenvalue weighted by molar-refractivity contribution is 0.00708. The molecule has 1 saturated heterocycles. The third kappa shape index (κ3) is 4.14. The Morgan fingerprint density at radius 2 is 2.22 bits per heavy atom. The van der Waals surface area contributed by atoms with Crippen LogP contribution in [0.1, 0.15) is 36.0 Å². The van der Waals surface area contributed by atoms with E-state index in [9.17, 15) is 4.79 Å². The number of carbonyl (C=O) groups is 1. The normalized spacial score (nSPS) is 17.9. The average Bonchev–Trinajstić information content (AvgIpc) is 3.15. The first-order valence-electron chi connectivity index (χ1n) is 7.97. The Balaban J connectivity index is 1.56. The number of hydrogen-bond donors (Lipinski definition) is 0. The summed E-state index contributed by atoms with van der Waals surface area (Å²) in [7, 11) is 1.82. The minimum absolute atomic E-state index is 0.0430. The van der Waals surface area contributed by atoms with Crippen LogP contribution < -0.4 is 0 Å². The van der Waals surface area contributed by atoms with E-state index in [2.05, 4.69) is 9.97 Å². The first-order chi connectivity index (χ1) is 11.2. The van der Waals surface area contributed by atoms with E-state index in [4.69, 9.17) is 4.74 Å². The number of hydrogen-bond acceptors (Lipinski definition) is 5. The molecule has 0 bridgehead atoms. The molecule has 0 spiro atoms. The van der Waals surface area contributed by atoms with E-state index in [1.165, 1.54) is 6.42 Å². The largest absolute Gasteiger partial charge is 0.378 e. The van der Waals surface area contributed by atoms with Gasteiger partial charge in [-0.25, -0.2) is 9.97 Å². The van der Waals surface area contributed by atoms with Crippen molar-refractivity contribution in [1.29, 1.82) is 0 Å². The highest BCUT2D eigenvalue weighted by Crippen LogP contribution is 2.20. The molecule has 1 atom stereocenters. The van der Waals surface area contributed by atoms with Crippen LogP contribution in [0.2, 0.25) is 0 Å². The summed E-state index contributed by atoms with van der Waals surface area (Å²) in [5.74, 6) is 0.619. The number of carbonyl (C=O) groups excluding carboxylic acids is 1. The molecule has 2 aromatic heterocycles. The second kappa shape index (κ2) is 7.66. The summed E-state index contributed by atoms with van der Waals surface area (Å²) in [4.78, 5) is 23.8. The van der Waals surface area contributed by atoms with Gasteiger partial charge in [-0.3, -0.25) is 4.79 Å². The van der Waals surface area contributed by atoms with Crippen LogP contribution in [0.15, 0.2) is 29.9 Å². The van der Waals surface area contributed by atoms with Crippen molar-refractivity contribution in [1.82, 2.24) is 14.9 Å². The van der Waals surface area contributed by atoms with Gasteiger partial charge in [-0.05, 0) is 37.1 Å². The number of thiophene rings is 1. The smallest absolute Gasteiger partial charge is 0.256 e. The average molecular weight is 331 g/mol. The molecule has 23 heavy (non-hydrogen) atoms. The van der Waals surface area contributed by atoms with Crippen molar-refractivity contribution in [3.63, 3.8) is 0 Å². The molecule has 3 rings (SSSR count). The van der Waals surface area contributed by atoms with Crippen LogP contribution in [0.25, 0.3) is 10.7 Å². The molecule has 1 amide bonds. The predicted octanol–water partition coefficient (Wildman–Crippen LogP) is 3.24. The third-order valence-corrected chi connectivity index (χ3v) is 4.91. The predicted molar refractivity (Wildman–Crippen MR) is 90.5 cm³/mol. The molecule has 3 heterocycles. The lowest BCUT2D eigenvalue weighted by atomic mass is 10.1. The molecule has 0 saturated carbocycles. The van der Waals surface area contributed by atoms with Crippen molar-refractivity contribution >= 4 is 17.2 Å². The fourth-order valence-electron chi connectivity index (χ4n) is 2.67. The zero-order valence-electron chi connectivity index (χ0n) is 13.3. The van der Waals surface area contributed by atoms with Crippen LogP contribution in [0, 0.1) is 0 Å². The molecule has 0 radical (unpaired) electrons. The number of aromatic nitrogens is 2. The zero-order chi connectivity index (χ0) is 16.1. The molecule has 0 N–H and O–H groups in total. The summed E-state index contributed by atoms with van der Waals surface area (Å²) in [6.07, 6.45) is 7.86. The highest BCUT2D eigenvalue weighted by molar-refractivity contribution is 7.13. The molecule has 6 heteroatoms. The van der Waals surface area contributed by atoms with Gasteiger partial charge in [-0.2, -0.15) is 0 Å². The van der Waals surface area contributed by atoms with E-state index in [-0.39, 0.29) is 12.0 Å². The number of nitrogens with zero attached hydrogens (tertiary/aromatic N) is 3. The number of rotatable bonds is 5. The van der Waals surface area contributed by atoms with Crippen LogP contribution in [0.5, 0.6) is 0 Å². The van der Waals surface area contributed by atoms with E-state index in [1.807, 2.05) is 24.6 Å². The maximum atomic E-state index is 12.4. The first kappa shape index (κ1) is 16.1. The summed E-state index contributed by atoms with van der Waals surface area (Å²) in [6.45, 7) is 1.54. The molecule has 122 valence electrons. The Morgan fingerprint density at radius 1 is 1.39 bits per heavy atom. The highest BCUT2D eigenvalue weighted by atomic mass is 32.1. The van der Waals surface area contributed by atoms with E-state index in [0.717, 1.165) is 30.7 Å². The summed E-state index contributed by atoms with van der Waals surface area (Å²) < 4.78 is 5.71. The van der Waals surface area contributed by atoms with Crippen molar-refractivity contribution in [3.05, 3.63) is 35.5 Å². The Morgan fingerprint density at radius 3 is 2.87 bits per heavy atom. The third-order valence-electron chi connectivity index (χ3n) is 4.05. The van der Waals surface area contributed by atoms with Gasteiger partial charge in [0.15, 0.2) is 5.82 Å². The van der Waals surface area contributed by atoms with Crippen LogP contribution >= 0.6 is 11.3 Å². The van der Waals surface area contributed by atoms with Crippen molar-refractivity contribution in [2.45, 2.75) is 31.8 Å². The summed E-state index contributed by atoms with van der Waals surface area (Å²) in [5, 5.41) is 1.98. The zero-order valence-corrected chi connectivity index (χ0v) is 14.1. The minimum atomic E-state index is -0.0430. The topological polar surface area (TPSA) is 55.3 Å². The molecule has 0 aliphatic carbocycles. The molecule has 0 aromatic carbocycles. The maximum Gasteiger partial charge on any atom is 0.256 e. The summed E-state index contributed by atoms with van der Waals surface area (Å²) in [5.41, 5.74) is 0.525. The Bertz CT molecular complexity index is 622. The fraction of sp³-hybridized carbons (Fsp3) is 0.471. The fourth-order valence-corrected chi connectivity index (χ4v) is 3.34. The maximum absolute atomic E-state index is 12.4. The highest BCUT2D eigenvalue weighted by Gasteiger charge is 2.18. The molecular weight excluding hydrogens is 310 g/mol.